The van der Waals surface area contributed by atoms with Gasteiger partial charge < -0.3 is 14.3 Å². The van der Waals surface area contributed by atoms with Crippen molar-refractivity contribution in [1.82, 2.24) is 4.98 Å². The minimum Gasteiger partial charge on any atom is -0.481 e. The van der Waals surface area contributed by atoms with Gasteiger partial charge in [0, 0.05) is 12.1 Å². The van der Waals surface area contributed by atoms with Crippen molar-refractivity contribution >= 4 is 31.6 Å². The first-order valence-electron chi connectivity index (χ1n) is 5.38. The first-order chi connectivity index (χ1) is 9.46. The lowest BCUT2D eigenvalue weighted by atomic mass is 10.4. The number of rotatable bonds is 5. The molecule has 0 saturated heterocycles. The van der Waals surface area contributed by atoms with Crippen LogP contribution in [0.15, 0.2) is 38.4 Å². The van der Waals surface area contributed by atoms with E-state index >= 15 is 0 Å². The van der Waals surface area contributed by atoms with Crippen LogP contribution in [0.4, 0.5) is 5.69 Å². The molecular formula is C11H11BrN2O5S. The van der Waals surface area contributed by atoms with Crippen molar-refractivity contribution in [2.75, 3.05) is 11.8 Å². The Morgan fingerprint density at radius 3 is 2.75 bits per heavy atom. The molecule has 0 aliphatic rings. The number of methoxy groups -OCH3 is 1. The average Bonchev–Trinajstić information content (AvgIpc) is 2.81. The lowest BCUT2D eigenvalue weighted by Gasteiger charge is -2.06. The van der Waals surface area contributed by atoms with E-state index in [0.717, 1.165) is 0 Å². The highest BCUT2D eigenvalue weighted by atomic mass is 79.9. The molecule has 20 heavy (non-hydrogen) atoms. The quantitative estimate of drug-likeness (QED) is 0.839. The molecule has 0 bridgehead atoms. The second kappa shape index (κ2) is 5.81. The number of nitrogens with one attached hydrogen (secondary N) is 1. The SMILES string of the molecule is COc1ccc(NS(=O)(=O)c2cc(CO)oc2Br)cn1. The summed E-state index contributed by atoms with van der Waals surface area (Å²) in [6.45, 7) is -0.391. The van der Waals surface area contributed by atoms with Crippen LogP contribution in [0.2, 0.25) is 0 Å². The van der Waals surface area contributed by atoms with E-state index < -0.39 is 16.6 Å². The van der Waals surface area contributed by atoms with E-state index in [1.54, 1.807) is 0 Å². The molecule has 0 unspecified atom stereocenters. The smallest absolute Gasteiger partial charge is 0.266 e. The summed E-state index contributed by atoms with van der Waals surface area (Å²) >= 11 is 3.00. The maximum absolute atomic E-state index is 12.2. The van der Waals surface area contributed by atoms with Gasteiger partial charge in [-0.25, -0.2) is 13.4 Å². The Balaban J connectivity index is 2.27. The first kappa shape index (κ1) is 14.8. The Labute approximate surface area is 123 Å². The molecule has 0 saturated carbocycles. The predicted octanol–water partition coefficient (Wildman–Crippen LogP) is 1.74. The highest BCUT2D eigenvalue weighted by Gasteiger charge is 2.22. The van der Waals surface area contributed by atoms with Crippen LogP contribution in [-0.2, 0) is 16.6 Å². The average molecular weight is 363 g/mol. The molecule has 2 N–H and O–H groups in total. The maximum Gasteiger partial charge on any atom is 0.266 e. The monoisotopic (exact) mass is 362 g/mol. The van der Waals surface area contributed by atoms with Gasteiger partial charge in [0.15, 0.2) is 4.67 Å². The molecule has 0 fully saturated rings. The van der Waals surface area contributed by atoms with E-state index in [0.29, 0.717) is 5.88 Å². The van der Waals surface area contributed by atoms with Crippen LogP contribution in [0.25, 0.3) is 0 Å². The van der Waals surface area contributed by atoms with E-state index in [2.05, 4.69) is 25.6 Å². The van der Waals surface area contributed by atoms with Crippen LogP contribution in [0.1, 0.15) is 5.76 Å². The molecule has 2 heterocycles. The molecule has 2 aromatic rings. The van der Waals surface area contributed by atoms with Crippen molar-refractivity contribution in [2.24, 2.45) is 0 Å². The Bertz CT molecular complexity index is 696. The fraction of sp³-hybridized carbons (Fsp3) is 0.182. The van der Waals surface area contributed by atoms with Gasteiger partial charge in [0.25, 0.3) is 10.0 Å². The molecule has 0 aliphatic heterocycles. The number of hydrogen-bond acceptors (Lipinski definition) is 6. The molecule has 2 aromatic heterocycles. The molecule has 0 spiro atoms. The van der Waals surface area contributed by atoms with Crippen LogP contribution < -0.4 is 9.46 Å². The van der Waals surface area contributed by atoms with Gasteiger partial charge in [0.1, 0.15) is 17.3 Å². The summed E-state index contributed by atoms with van der Waals surface area (Å²) in [5.74, 6) is 0.519. The highest BCUT2D eigenvalue weighted by Crippen LogP contribution is 2.28. The number of ether oxygens (including phenoxy) is 1. The lowest BCUT2D eigenvalue weighted by Crippen LogP contribution is -2.12. The number of furan rings is 1. The van der Waals surface area contributed by atoms with Gasteiger partial charge in [-0.05, 0) is 22.0 Å². The Kier molecular flexibility index (Phi) is 4.31. The topological polar surface area (TPSA) is 102 Å². The van der Waals surface area contributed by atoms with Gasteiger partial charge >= 0.3 is 0 Å². The summed E-state index contributed by atoms with van der Waals surface area (Å²) in [5.41, 5.74) is 0.282. The molecular weight excluding hydrogens is 352 g/mol. The van der Waals surface area contributed by atoms with E-state index in [-0.39, 0.29) is 21.0 Å². The minimum atomic E-state index is -3.84. The van der Waals surface area contributed by atoms with Crippen LogP contribution >= 0.6 is 15.9 Å². The number of halogens is 1. The molecule has 9 heteroatoms. The number of aliphatic hydroxyl groups is 1. The van der Waals surface area contributed by atoms with E-state index in [4.69, 9.17) is 14.3 Å². The second-order valence-electron chi connectivity index (χ2n) is 3.70. The summed E-state index contributed by atoms with van der Waals surface area (Å²) in [4.78, 5) is 3.79. The second-order valence-corrected chi connectivity index (χ2v) is 6.07. The van der Waals surface area contributed by atoms with Gasteiger partial charge in [-0.1, -0.05) is 0 Å². The largest absolute Gasteiger partial charge is 0.481 e. The number of aliphatic hydroxyl groups excluding tert-OH is 1. The third kappa shape index (κ3) is 3.11. The number of nitrogens with zero attached hydrogens (tertiary/aromatic N) is 1. The molecule has 0 aromatic carbocycles. The third-order valence-electron chi connectivity index (χ3n) is 2.35. The van der Waals surface area contributed by atoms with E-state index in [1.165, 1.54) is 31.5 Å². The van der Waals surface area contributed by atoms with Crippen molar-refractivity contribution in [3.8, 4) is 5.88 Å². The Morgan fingerprint density at radius 1 is 1.50 bits per heavy atom. The summed E-state index contributed by atoms with van der Waals surface area (Å²) < 4.78 is 36.6. The van der Waals surface area contributed by atoms with Crippen molar-refractivity contribution in [1.29, 1.82) is 0 Å². The molecule has 2 rings (SSSR count). The molecule has 108 valence electrons. The molecule has 0 radical (unpaired) electrons. The van der Waals surface area contributed by atoms with Gasteiger partial charge in [-0.2, -0.15) is 0 Å². The number of anilines is 1. The number of pyridine rings is 1. The van der Waals surface area contributed by atoms with Gasteiger partial charge in [0.05, 0.1) is 19.0 Å². The molecule has 0 amide bonds. The van der Waals surface area contributed by atoms with Crippen LogP contribution in [0, 0.1) is 0 Å². The zero-order valence-corrected chi connectivity index (χ0v) is 12.7. The van der Waals surface area contributed by atoms with Crippen LogP contribution in [0.3, 0.4) is 0 Å². The standard InChI is InChI=1S/C11H11BrN2O5S/c1-18-10-3-2-7(5-13-10)14-20(16,17)9-4-8(6-15)19-11(9)12/h2-5,14-15H,6H2,1H3. The van der Waals surface area contributed by atoms with Gasteiger partial charge in [-0.3, -0.25) is 4.72 Å². The summed E-state index contributed by atoms with van der Waals surface area (Å²) in [6.07, 6.45) is 1.33. The van der Waals surface area contributed by atoms with Gasteiger partial charge in [0.2, 0.25) is 5.88 Å². The maximum atomic E-state index is 12.2. The zero-order valence-electron chi connectivity index (χ0n) is 10.3. The summed E-state index contributed by atoms with van der Waals surface area (Å²) in [6, 6.07) is 4.29. The lowest BCUT2D eigenvalue weighted by molar-refractivity contribution is 0.245. The Morgan fingerprint density at radius 2 is 2.25 bits per heavy atom. The number of aromatic nitrogens is 1. The number of hydrogen-bond donors (Lipinski definition) is 2. The minimum absolute atomic E-state index is 0.0236. The summed E-state index contributed by atoms with van der Waals surface area (Å²) in [5, 5.41) is 8.93. The van der Waals surface area contributed by atoms with Crippen LogP contribution in [-0.4, -0.2) is 25.6 Å². The molecule has 0 atom stereocenters. The fourth-order valence-corrected chi connectivity index (χ4v) is 3.47. The van der Waals surface area contributed by atoms with E-state index in [1.807, 2.05) is 0 Å². The van der Waals surface area contributed by atoms with Crippen LogP contribution in [0.5, 0.6) is 5.88 Å². The molecule has 7 nitrogen and oxygen atoms in total. The third-order valence-corrected chi connectivity index (χ3v) is 4.59. The normalized spacial score (nSPS) is 11.3. The summed E-state index contributed by atoms with van der Waals surface area (Å²) in [7, 11) is -2.37. The first-order valence-corrected chi connectivity index (χ1v) is 7.66. The molecule has 0 aliphatic carbocycles. The van der Waals surface area contributed by atoms with E-state index in [9.17, 15) is 8.42 Å². The zero-order chi connectivity index (χ0) is 14.8. The highest BCUT2D eigenvalue weighted by molar-refractivity contribution is 9.10. The van der Waals surface area contributed by atoms with Gasteiger partial charge in [-0.15, -0.1) is 0 Å². The Hall–Kier alpha value is -1.58. The predicted molar refractivity (Wildman–Crippen MR) is 73.9 cm³/mol. The van der Waals surface area contributed by atoms with Crippen molar-refractivity contribution < 1.29 is 22.7 Å². The fourth-order valence-electron chi connectivity index (χ4n) is 1.43. The van der Waals surface area contributed by atoms with Crippen molar-refractivity contribution in [3.63, 3.8) is 0 Å². The van der Waals surface area contributed by atoms with Crippen molar-refractivity contribution in [3.05, 3.63) is 34.8 Å². The van der Waals surface area contributed by atoms with Crippen molar-refractivity contribution in [2.45, 2.75) is 11.5 Å². The number of sulfonamides is 1.